The van der Waals surface area contributed by atoms with Gasteiger partial charge in [0.1, 0.15) is 5.76 Å². The third kappa shape index (κ3) is 4.59. The van der Waals surface area contributed by atoms with Crippen molar-refractivity contribution in [3.8, 4) is 0 Å². The molecule has 1 saturated carbocycles. The van der Waals surface area contributed by atoms with Crippen molar-refractivity contribution in [3.63, 3.8) is 0 Å². The molecule has 0 bridgehead atoms. The van der Waals surface area contributed by atoms with Gasteiger partial charge in [0.05, 0.1) is 6.26 Å². The van der Waals surface area contributed by atoms with Crippen molar-refractivity contribution in [1.29, 1.82) is 0 Å². The van der Waals surface area contributed by atoms with Gasteiger partial charge in [-0.1, -0.05) is 6.92 Å². The molecule has 2 amide bonds. The highest BCUT2D eigenvalue weighted by Gasteiger charge is 2.36. The van der Waals surface area contributed by atoms with Crippen molar-refractivity contribution < 1.29 is 22.4 Å². The van der Waals surface area contributed by atoms with Crippen molar-refractivity contribution in [2.24, 2.45) is 5.92 Å². The molecule has 0 saturated heterocycles. The lowest BCUT2D eigenvalue weighted by atomic mass is 10.3. The van der Waals surface area contributed by atoms with Gasteiger partial charge >= 0.3 is 0 Å². The molecule has 1 aromatic rings. The molecule has 1 fully saturated rings. The monoisotopic (exact) mass is 314 g/mol. The van der Waals surface area contributed by atoms with Crippen LogP contribution in [-0.4, -0.2) is 33.0 Å². The molecule has 0 radical (unpaired) electrons. The number of furan rings is 1. The maximum absolute atomic E-state index is 11.8. The first-order valence-corrected chi connectivity index (χ1v) is 8.54. The van der Waals surface area contributed by atoms with E-state index < -0.39 is 21.8 Å². The minimum absolute atomic E-state index is 0.0377. The van der Waals surface area contributed by atoms with E-state index in [0.717, 1.165) is 18.4 Å². The van der Waals surface area contributed by atoms with Gasteiger partial charge in [-0.3, -0.25) is 14.3 Å². The molecule has 1 heterocycles. The van der Waals surface area contributed by atoms with E-state index in [0.29, 0.717) is 11.8 Å². The summed E-state index contributed by atoms with van der Waals surface area (Å²) in [7, 11) is -3.56. The van der Waals surface area contributed by atoms with Crippen LogP contribution in [0, 0.1) is 5.92 Å². The van der Waals surface area contributed by atoms with Crippen LogP contribution < -0.4 is 10.0 Å². The van der Waals surface area contributed by atoms with Crippen molar-refractivity contribution >= 4 is 21.8 Å². The number of amides is 2. The SMILES string of the molecule is CC1CC1c1ccc(C(=O)NCCC(=O)NS(C)(=O)=O)o1. The fraction of sp³-hybridized carbons (Fsp3) is 0.538. The van der Waals surface area contributed by atoms with E-state index in [-0.39, 0.29) is 18.7 Å². The number of nitrogens with one attached hydrogen (secondary N) is 2. The summed E-state index contributed by atoms with van der Waals surface area (Å²) in [6.45, 7) is 2.16. The summed E-state index contributed by atoms with van der Waals surface area (Å²) in [5.74, 6) is 0.917. The molecule has 0 aromatic carbocycles. The van der Waals surface area contributed by atoms with Crippen LogP contribution in [0.4, 0.5) is 0 Å². The highest BCUT2D eigenvalue weighted by Crippen LogP contribution is 2.47. The van der Waals surface area contributed by atoms with E-state index >= 15 is 0 Å². The number of hydrogen-bond donors (Lipinski definition) is 2. The largest absolute Gasteiger partial charge is 0.456 e. The predicted octanol–water partition coefficient (Wildman–Crippen LogP) is 0.599. The lowest BCUT2D eigenvalue weighted by Crippen LogP contribution is -2.33. The molecular weight excluding hydrogens is 296 g/mol. The second kappa shape index (κ2) is 5.88. The van der Waals surface area contributed by atoms with E-state index in [2.05, 4.69) is 12.2 Å². The van der Waals surface area contributed by atoms with Crippen LogP contribution in [-0.2, 0) is 14.8 Å². The van der Waals surface area contributed by atoms with Gasteiger partial charge in [0.15, 0.2) is 5.76 Å². The Balaban J connectivity index is 1.77. The molecule has 1 aliphatic rings. The van der Waals surface area contributed by atoms with Crippen molar-refractivity contribution in [3.05, 3.63) is 23.7 Å². The van der Waals surface area contributed by atoms with E-state index in [1.165, 1.54) is 0 Å². The average molecular weight is 314 g/mol. The molecule has 0 aliphatic heterocycles. The predicted molar refractivity (Wildman–Crippen MR) is 75.2 cm³/mol. The Hall–Kier alpha value is -1.83. The molecule has 21 heavy (non-hydrogen) atoms. The zero-order valence-corrected chi connectivity index (χ0v) is 12.7. The molecule has 2 unspecified atom stereocenters. The first-order chi connectivity index (χ1) is 9.76. The minimum atomic E-state index is -3.56. The van der Waals surface area contributed by atoms with Crippen molar-refractivity contribution in [1.82, 2.24) is 10.0 Å². The highest BCUT2D eigenvalue weighted by atomic mass is 32.2. The first-order valence-electron chi connectivity index (χ1n) is 6.65. The van der Waals surface area contributed by atoms with Crippen molar-refractivity contribution in [2.75, 3.05) is 12.8 Å². The quantitative estimate of drug-likeness (QED) is 0.800. The second-order valence-electron chi connectivity index (χ2n) is 5.32. The zero-order valence-electron chi connectivity index (χ0n) is 11.9. The molecule has 7 nitrogen and oxygen atoms in total. The molecule has 0 spiro atoms. The molecule has 2 N–H and O–H groups in total. The Morgan fingerprint density at radius 3 is 2.62 bits per heavy atom. The molecular formula is C13H18N2O5S. The van der Waals surface area contributed by atoms with Crippen molar-refractivity contribution in [2.45, 2.75) is 25.7 Å². The highest BCUT2D eigenvalue weighted by molar-refractivity contribution is 7.89. The molecule has 116 valence electrons. The third-order valence-electron chi connectivity index (χ3n) is 3.26. The van der Waals surface area contributed by atoms with Crippen LogP contribution in [0.25, 0.3) is 0 Å². The smallest absolute Gasteiger partial charge is 0.287 e. The summed E-state index contributed by atoms with van der Waals surface area (Å²) in [5.41, 5.74) is 0. The summed E-state index contributed by atoms with van der Waals surface area (Å²) < 4.78 is 28.9. The Morgan fingerprint density at radius 2 is 2.05 bits per heavy atom. The van der Waals surface area contributed by atoms with E-state index in [1.807, 2.05) is 4.72 Å². The van der Waals surface area contributed by atoms with Gasteiger partial charge in [-0.15, -0.1) is 0 Å². The standard InChI is InChI=1S/C13H18N2O5S/c1-8-7-9(8)10-3-4-11(20-10)13(17)14-6-5-12(16)15-21(2,18)19/h3-4,8-9H,5-7H2,1-2H3,(H,14,17)(H,15,16). The molecule has 2 atom stereocenters. The van der Waals surface area contributed by atoms with E-state index in [1.54, 1.807) is 12.1 Å². The number of carbonyl (C=O) groups is 2. The molecule has 1 aromatic heterocycles. The molecule has 1 aliphatic carbocycles. The summed E-state index contributed by atoms with van der Waals surface area (Å²) in [4.78, 5) is 23.0. The van der Waals surface area contributed by atoms with Gasteiger partial charge in [0.25, 0.3) is 5.91 Å². The zero-order chi connectivity index (χ0) is 15.6. The number of sulfonamides is 1. The van der Waals surface area contributed by atoms with Gasteiger partial charge in [0, 0.05) is 18.9 Å². The van der Waals surface area contributed by atoms with Gasteiger partial charge < -0.3 is 9.73 Å². The number of rotatable bonds is 6. The first kappa shape index (κ1) is 15.6. The fourth-order valence-electron chi connectivity index (χ4n) is 2.03. The molecule has 2 rings (SSSR count). The lowest BCUT2D eigenvalue weighted by Gasteiger charge is -2.04. The summed E-state index contributed by atoms with van der Waals surface area (Å²) in [6.07, 6.45) is 1.85. The Morgan fingerprint density at radius 1 is 1.38 bits per heavy atom. The van der Waals surface area contributed by atoms with Crippen LogP contribution in [0.3, 0.4) is 0 Å². The van der Waals surface area contributed by atoms with Gasteiger partial charge in [-0.2, -0.15) is 0 Å². The van der Waals surface area contributed by atoms with E-state index in [9.17, 15) is 18.0 Å². The Labute approximate surface area is 123 Å². The van der Waals surface area contributed by atoms with Gasteiger partial charge in [-0.25, -0.2) is 8.42 Å². The lowest BCUT2D eigenvalue weighted by molar-refractivity contribution is -0.119. The van der Waals surface area contributed by atoms with Crippen LogP contribution in [0.5, 0.6) is 0 Å². The third-order valence-corrected chi connectivity index (χ3v) is 3.86. The summed E-state index contributed by atoms with van der Waals surface area (Å²) in [5, 5.41) is 2.51. The maximum atomic E-state index is 11.8. The van der Waals surface area contributed by atoms with Crippen LogP contribution in [0.15, 0.2) is 16.5 Å². The van der Waals surface area contributed by atoms with Gasteiger partial charge in [-0.05, 0) is 24.5 Å². The second-order valence-corrected chi connectivity index (χ2v) is 7.07. The number of carbonyl (C=O) groups excluding carboxylic acids is 2. The minimum Gasteiger partial charge on any atom is -0.456 e. The topological polar surface area (TPSA) is 105 Å². The van der Waals surface area contributed by atoms with Crippen LogP contribution >= 0.6 is 0 Å². The van der Waals surface area contributed by atoms with Crippen LogP contribution in [0.1, 0.15) is 42.0 Å². The summed E-state index contributed by atoms with van der Waals surface area (Å²) in [6, 6.07) is 3.39. The van der Waals surface area contributed by atoms with Gasteiger partial charge in [0.2, 0.25) is 15.9 Å². The fourth-order valence-corrected chi connectivity index (χ4v) is 2.54. The molecule has 8 heteroatoms. The normalized spacial score (nSPS) is 20.9. The average Bonchev–Trinajstić information content (AvgIpc) is 2.89. The Bertz CT molecular complexity index is 649. The Kier molecular flexibility index (Phi) is 4.36. The maximum Gasteiger partial charge on any atom is 0.287 e. The van der Waals surface area contributed by atoms with Crippen LogP contribution in [0.2, 0.25) is 0 Å². The summed E-state index contributed by atoms with van der Waals surface area (Å²) >= 11 is 0. The van der Waals surface area contributed by atoms with E-state index in [4.69, 9.17) is 4.42 Å². The number of hydrogen-bond acceptors (Lipinski definition) is 5.